The summed E-state index contributed by atoms with van der Waals surface area (Å²) in [4.78, 5) is 0.977. The molecule has 1 heterocycles. The second-order valence-electron chi connectivity index (χ2n) is 3.93. The number of benzene rings is 1. The zero-order valence-corrected chi connectivity index (χ0v) is 13.8. The molecular formula is C12H13BrN2O3S2. The number of hydrogen-bond donors (Lipinski definition) is 2. The van der Waals surface area contributed by atoms with Crippen LogP contribution in [0.4, 0.5) is 5.69 Å². The monoisotopic (exact) mass is 376 g/mol. The summed E-state index contributed by atoms with van der Waals surface area (Å²) in [5, 5.41) is 1.89. The molecule has 0 atom stereocenters. The molecule has 8 heteroatoms. The van der Waals surface area contributed by atoms with Crippen molar-refractivity contribution >= 4 is 43.0 Å². The fourth-order valence-corrected chi connectivity index (χ4v) is 4.26. The normalized spacial score (nSPS) is 11.5. The van der Waals surface area contributed by atoms with Crippen LogP contribution in [0.5, 0.6) is 5.75 Å². The molecule has 2 aromatic rings. The Balaban J connectivity index is 2.25. The average Bonchev–Trinajstić information content (AvgIpc) is 2.81. The maximum absolute atomic E-state index is 12.3. The molecule has 0 saturated carbocycles. The van der Waals surface area contributed by atoms with Crippen molar-refractivity contribution in [3.8, 4) is 5.75 Å². The molecule has 2 rings (SSSR count). The number of ether oxygens (including phenoxy) is 1. The standard InChI is InChI=1S/C12H13BrN2O3S2/c1-18-10-6-8(14)2-3-12(10)20(16,17)15-7-11-9(13)4-5-19-11/h2-6,15H,7,14H2,1H3. The first-order valence-electron chi connectivity index (χ1n) is 5.59. The van der Waals surface area contributed by atoms with Crippen LogP contribution in [-0.4, -0.2) is 15.5 Å². The van der Waals surface area contributed by atoms with Gasteiger partial charge in [-0.25, -0.2) is 13.1 Å². The number of nitrogen functional groups attached to an aromatic ring is 1. The summed E-state index contributed by atoms with van der Waals surface area (Å²) in [6.07, 6.45) is 0. The maximum atomic E-state index is 12.3. The van der Waals surface area contributed by atoms with E-state index in [-0.39, 0.29) is 17.2 Å². The van der Waals surface area contributed by atoms with E-state index in [1.807, 2.05) is 11.4 Å². The number of anilines is 1. The highest BCUT2D eigenvalue weighted by Crippen LogP contribution is 2.27. The van der Waals surface area contributed by atoms with E-state index in [9.17, 15) is 8.42 Å². The molecule has 1 aromatic heterocycles. The zero-order chi connectivity index (χ0) is 14.8. The van der Waals surface area contributed by atoms with Crippen LogP contribution in [0.15, 0.2) is 39.0 Å². The lowest BCUT2D eigenvalue weighted by Crippen LogP contribution is -2.23. The van der Waals surface area contributed by atoms with Crippen molar-refractivity contribution < 1.29 is 13.2 Å². The van der Waals surface area contributed by atoms with Gasteiger partial charge in [-0.1, -0.05) is 0 Å². The van der Waals surface area contributed by atoms with E-state index in [4.69, 9.17) is 10.5 Å². The third kappa shape index (κ3) is 3.32. The van der Waals surface area contributed by atoms with Gasteiger partial charge in [0.1, 0.15) is 10.6 Å². The zero-order valence-electron chi connectivity index (χ0n) is 10.6. The molecule has 0 aliphatic heterocycles. The second kappa shape index (κ2) is 6.13. The number of sulfonamides is 1. The fraction of sp³-hybridized carbons (Fsp3) is 0.167. The van der Waals surface area contributed by atoms with Gasteiger partial charge in [-0.3, -0.25) is 0 Å². The average molecular weight is 377 g/mol. The minimum Gasteiger partial charge on any atom is -0.495 e. The Morgan fingerprint density at radius 2 is 2.15 bits per heavy atom. The predicted molar refractivity (Wildman–Crippen MR) is 83.5 cm³/mol. The SMILES string of the molecule is COc1cc(N)ccc1S(=O)(=O)NCc1sccc1Br. The van der Waals surface area contributed by atoms with Crippen LogP contribution in [0.2, 0.25) is 0 Å². The highest BCUT2D eigenvalue weighted by atomic mass is 79.9. The third-order valence-corrected chi connectivity index (χ3v) is 5.96. The van der Waals surface area contributed by atoms with E-state index in [2.05, 4.69) is 20.7 Å². The molecule has 0 aliphatic rings. The van der Waals surface area contributed by atoms with Crippen molar-refractivity contribution in [2.45, 2.75) is 11.4 Å². The summed E-state index contributed by atoms with van der Waals surface area (Å²) < 4.78 is 33.1. The van der Waals surface area contributed by atoms with Crippen molar-refractivity contribution in [3.05, 3.63) is 39.0 Å². The van der Waals surface area contributed by atoms with E-state index in [1.165, 1.54) is 36.6 Å². The summed E-state index contributed by atoms with van der Waals surface area (Å²) >= 11 is 4.84. The van der Waals surface area contributed by atoms with E-state index < -0.39 is 10.0 Å². The minimum atomic E-state index is -3.66. The smallest absolute Gasteiger partial charge is 0.244 e. The molecule has 3 N–H and O–H groups in total. The summed E-state index contributed by atoms with van der Waals surface area (Å²) in [7, 11) is -2.25. The number of methoxy groups -OCH3 is 1. The first-order valence-corrected chi connectivity index (χ1v) is 8.74. The van der Waals surface area contributed by atoms with Crippen LogP contribution in [0.3, 0.4) is 0 Å². The Bertz CT molecular complexity index is 713. The lowest BCUT2D eigenvalue weighted by atomic mass is 10.3. The van der Waals surface area contributed by atoms with Crippen LogP contribution in [0.25, 0.3) is 0 Å². The van der Waals surface area contributed by atoms with Crippen molar-refractivity contribution in [2.75, 3.05) is 12.8 Å². The summed E-state index contributed by atoms with van der Waals surface area (Å²) in [5.41, 5.74) is 6.06. The summed E-state index contributed by atoms with van der Waals surface area (Å²) in [6, 6.07) is 6.31. The van der Waals surface area contributed by atoms with Crippen molar-refractivity contribution in [1.29, 1.82) is 0 Å². The van der Waals surface area contributed by atoms with E-state index in [0.717, 1.165) is 9.35 Å². The first kappa shape index (κ1) is 15.3. The van der Waals surface area contributed by atoms with Crippen LogP contribution < -0.4 is 15.2 Å². The number of halogens is 1. The molecule has 0 amide bonds. The Labute approximate surface area is 129 Å². The first-order chi connectivity index (χ1) is 9.44. The van der Waals surface area contributed by atoms with Gasteiger partial charge < -0.3 is 10.5 Å². The molecule has 0 bridgehead atoms. The molecule has 0 spiro atoms. The number of nitrogens with one attached hydrogen (secondary N) is 1. The van der Waals surface area contributed by atoms with Crippen LogP contribution >= 0.6 is 27.3 Å². The van der Waals surface area contributed by atoms with Gasteiger partial charge in [0.15, 0.2) is 0 Å². The number of hydrogen-bond acceptors (Lipinski definition) is 5. The molecule has 0 saturated heterocycles. The Hall–Kier alpha value is -1.09. The third-order valence-electron chi connectivity index (χ3n) is 2.59. The molecule has 5 nitrogen and oxygen atoms in total. The molecular weight excluding hydrogens is 364 g/mol. The van der Waals surface area contributed by atoms with Crippen molar-refractivity contribution in [2.24, 2.45) is 0 Å². The Morgan fingerprint density at radius 1 is 1.40 bits per heavy atom. The summed E-state index contributed by atoms with van der Waals surface area (Å²) in [6.45, 7) is 0.216. The maximum Gasteiger partial charge on any atom is 0.244 e. The molecule has 0 fully saturated rings. The molecule has 1 aromatic carbocycles. The van der Waals surface area contributed by atoms with Gasteiger partial charge >= 0.3 is 0 Å². The van der Waals surface area contributed by atoms with E-state index >= 15 is 0 Å². The van der Waals surface area contributed by atoms with Gasteiger partial charge in [-0.15, -0.1) is 11.3 Å². The highest BCUT2D eigenvalue weighted by Gasteiger charge is 2.19. The van der Waals surface area contributed by atoms with Crippen molar-refractivity contribution in [1.82, 2.24) is 4.72 Å². The van der Waals surface area contributed by atoms with Gasteiger partial charge in [0.05, 0.1) is 7.11 Å². The lowest BCUT2D eigenvalue weighted by molar-refractivity contribution is 0.402. The van der Waals surface area contributed by atoms with E-state index in [0.29, 0.717) is 5.69 Å². The van der Waals surface area contributed by atoms with Gasteiger partial charge in [0, 0.05) is 27.6 Å². The van der Waals surface area contributed by atoms with Crippen LogP contribution in [0, 0.1) is 0 Å². The number of rotatable bonds is 5. The van der Waals surface area contributed by atoms with Gasteiger partial charge in [-0.2, -0.15) is 0 Å². The predicted octanol–water partition coefficient (Wildman–Crippen LogP) is 2.58. The summed E-state index contributed by atoms with van der Waals surface area (Å²) in [5.74, 6) is 0.225. The quantitative estimate of drug-likeness (QED) is 0.785. The fourth-order valence-electron chi connectivity index (χ4n) is 1.60. The largest absolute Gasteiger partial charge is 0.495 e. The second-order valence-corrected chi connectivity index (χ2v) is 7.52. The molecule has 108 valence electrons. The van der Waals surface area contributed by atoms with Crippen LogP contribution in [-0.2, 0) is 16.6 Å². The van der Waals surface area contributed by atoms with Gasteiger partial charge in [-0.05, 0) is 39.5 Å². The molecule has 0 aliphatic carbocycles. The molecule has 0 unspecified atom stereocenters. The van der Waals surface area contributed by atoms with Crippen molar-refractivity contribution in [3.63, 3.8) is 0 Å². The topological polar surface area (TPSA) is 81.4 Å². The van der Waals surface area contributed by atoms with Crippen LogP contribution in [0.1, 0.15) is 4.88 Å². The number of nitrogens with two attached hydrogens (primary N) is 1. The lowest BCUT2D eigenvalue weighted by Gasteiger charge is -2.11. The molecule has 20 heavy (non-hydrogen) atoms. The molecule has 0 radical (unpaired) electrons. The van der Waals surface area contributed by atoms with E-state index in [1.54, 1.807) is 0 Å². The number of thiophene rings is 1. The minimum absolute atomic E-state index is 0.0712. The Kier molecular flexibility index (Phi) is 4.69. The van der Waals surface area contributed by atoms with Gasteiger partial charge in [0.2, 0.25) is 10.0 Å². The Morgan fingerprint density at radius 3 is 2.75 bits per heavy atom. The van der Waals surface area contributed by atoms with Gasteiger partial charge in [0.25, 0.3) is 0 Å². The highest BCUT2D eigenvalue weighted by molar-refractivity contribution is 9.10.